The van der Waals surface area contributed by atoms with Crippen LogP contribution in [0, 0.1) is 10.1 Å². The number of H-pyrrole nitrogens is 1. The lowest BCUT2D eigenvalue weighted by atomic mass is 10.1. The van der Waals surface area contributed by atoms with Crippen molar-refractivity contribution >= 4 is 28.3 Å². The first-order valence-electron chi connectivity index (χ1n) is 9.38. The summed E-state index contributed by atoms with van der Waals surface area (Å²) in [5.74, 6) is 0.202. The maximum Gasteiger partial charge on any atom is 0.293 e. The van der Waals surface area contributed by atoms with Crippen molar-refractivity contribution in [3.63, 3.8) is 0 Å². The minimum atomic E-state index is -0.497. The Balaban J connectivity index is 1.45. The Labute approximate surface area is 172 Å². The zero-order valence-corrected chi connectivity index (χ0v) is 16.0. The van der Waals surface area contributed by atoms with Crippen LogP contribution in [0.3, 0.4) is 0 Å². The van der Waals surface area contributed by atoms with E-state index in [-0.39, 0.29) is 17.8 Å². The highest BCUT2D eigenvalue weighted by atomic mass is 16.6. The van der Waals surface area contributed by atoms with E-state index in [1.807, 2.05) is 54.6 Å². The zero-order chi connectivity index (χ0) is 20.9. The molecular weight excluding hydrogens is 382 g/mol. The summed E-state index contributed by atoms with van der Waals surface area (Å²) in [7, 11) is 0. The number of para-hydroxylation sites is 2. The molecule has 1 heterocycles. The summed E-state index contributed by atoms with van der Waals surface area (Å²) in [5, 5.41) is 17.3. The van der Waals surface area contributed by atoms with Gasteiger partial charge in [0.05, 0.1) is 22.5 Å². The third-order valence-electron chi connectivity index (χ3n) is 4.64. The number of carbonyl (C=O) groups excluding carboxylic acids is 1. The number of hydrogen-bond donors (Lipinski definition) is 3. The average molecular weight is 401 g/mol. The molecule has 4 rings (SSSR count). The maximum absolute atomic E-state index is 12.5. The fourth-order valence-corrected chi connectivity index (χ4v) is 3.12. The summed E-state index contributed by atoms with van der Waals surface area (Å²) < 4.78 is 0. The topological polar surface area (TPSA) is 113 Å². The quantitative estimate of drug-likeness (QED) is 0.320. The molecule has 0 bridgehead atoms. The van der Waals surface area contributed by atoms with E-state index in [2.05, 4.69) is 20.6 Å². The van der Waals surface area contributed by atoms with Crippen molar-refractivity contribution in [2.24, 2.45) is 0 Å². The molecule has 0 atom stereocenters. The second-order valence-electron chi connectivity index (χ2n) is 6.71. The molecule has 0 radical (unpaired) electrons. The van der Waals surface area contributed by atoms with Crippen molar-refractivity contribution in [1.29, 1.82) is 0 Å². The molecule has 150 valence electrons. The van der Waals surface area contributed by atoms with Crippen LogP contribution in [-0.4, -0.2) is 20.8 Å². The Morgan fingerprint density at radius 3 is 2.53 bits per heavy atom. The van der Waals surface area contributed by atoms with Crippen molar-refractivity contribution in [3.05, 3.63) is 99.9 Å². The molecule has 0 aliphatic carbocycles. The molecule has 1 amide bonds. The van der Waals surface area contributed by atoms with Gasteiger partial charge in [-0.3, -0.25) is 14.9 Å². The number of imidazole rings is 1. The number of fused-ring (bicyclic) bond motifs is 1. The number of anilines is 1. The molecule has 0 spiro atoms. The molecule has 3 aromatic carbocycles. The van der Waals surface area contributed by atoms with Gasteiger partial charge < -0.3 is 15.6 Å². The van der Waals surface area contributed by atoms with Crippen LogP contribution in [-0.2, 0) is 13.1 Å². The minimum Gasteiger partial charge on any atom is -0.375 e. The molecule has 0 saturated heterocycles. The van der Waals surface area contributed by atoms with E-state index >= 15 is 0 Å². The Morgan fingerprint density at radius 1 is 1.00 bits per heavy atom. The first-order chi connectivity index (χ1) is 14.6. The third-order valence-corrected chi connectivity index (χ3v) is 4.64. The summed E-state index contributed by atoms with van der Waals surface area (Å²) in [6.07, 6.45) is 0. The summed E-state index contributed by atoms with van der Waals surface area (Å²) in [4.78, 5) is 31.0. The Morgan fingerprint density at radius 2 is 1.77 bits per heavy atom. The van der Waals surface area contributed by atoms with E-state index in [4.69, 9.17) is 0 Å². The van der Waals surface area contributed by atoms with E-state index in [0.29, 0.717) is 18.1 Å². The lowest BCUT2D eigenvalue weighted by Gasteiger charge is -2.09. The molecule has 8 nitrogen and oxygen atoms in total. The first-order valence-corrected chi connectivity index (χ1v) is 9.38. The van der Waals surface area contributed by atoms with Crippen LogP contribution in [0.25, 0.3) is 11.0 Å². The van der Waals surface area contributed by atoms with Gasteiger partial charge in [-0.2, -0.15) is 0 Å². The van der Waals surface area contributed by atoms with Crippen molar-refractivity contribution in [2.75, 3.05) is 5.32 Å². The van der Waals surface area contributed by atoms with Gasteiger partial charge >= 0.3 is 0 Å². The van der Waals surface area contributed by atoms with E-state index in [0.717, 1.165) is 16.6 Å². The van der Waals surface area contributed by atoms with Crippen molar-refractivity contribution in [1.82, 2.24) is 15.3 Å². The number of aromatic nitrogens is 2. The maximum atomic E-state index is 12.5. The van der Waals surface area contributed by atoms with Crippen molar-refractivity contribution in [2.45, 2.75) is 13.1 Å². The van der Waals surface area contributed by atoms with Gasteiger partial charge in [-0.1, -0.05) is 42.5 Å². The van der Waals surface area contributed by atoms with E-state index < -0.39 is 10.8 Å². The Bertz CT molecular complexity index is 1170. The van der Waals surface area contributed by atoms with E-state index in [9.17, 15) is 14.9 Å². The highest BCUT2D eigenvalue weighted by Gasteiger charge is 2.18. The lowest BCUT2D eigenvalue weighted by molar-refractivity contribution is -0.384. The predicted octanol–water partition coefficient (Wildman–Crippen LogP) is 4.01. The monoisotopic (exact) mass is 401 g/mol. The number of nitro groups is 1. The fraction of sp³-hybridized carbons (Fsp3) is 0.0909. The number of aromatic amines is 1. The van der Waals surface area contributed by atoms with Gasteiger partial charge in [0.2, 0.25) is 0 Å². The number of nitrogens with one attached hydrogen (secondary N) is 3. The molecule has 8 heteroatoms. The van der Waals surface area contributed by atoms with Crippen LogP contribution in [0.15, 0.2) is 72.8 Å². The van der Waals surface area contributed by atoms with Crippen molar-refractivity contribution < 1.29 is 9.72 Å². The average Bonchev–Trinajstić information content (AvgIpc) is 3.19. The highest BCUT2D eigenvalue weighted by molar-refractivity contribution is 5.95. The zero-order valence-electron chi connectivity index (χ0n) is 16.0. The molecule has 30 heavy (non-hydrogen) atoms. The number of rotatable bonds is 7. The molecule has 0 unspecified atom stereocenters. The molecule has 0 aliphatic rings. The Kier molecular flexibility index (Phi) is 5.38. The van der Waals surface area contributed by atoms with Crippen LogP contribution in [0.4, 0.5) is 11.4 Å². The molecule has 0 saturated carbocycles. The van der Waals surface area contributed by atoms with E-state index in [1.165, 1.54) is 6.07 Å². The number of nitro benzene ring substituents is 1. The molecule has 4 aromatic rings. The van der Waals surface area contributed by atoms with Crippen LogP contribution in [0.2, 0.25) is 0 Å². The summed E-state index contributed by atoms with van der Waals surface area (Å²) in [6, 6.07) is 21.5. The number of nitrogens with zero attached hydrogens (tertiary/aromatic N) is 2. The number of carbonyl (C=O) groups is 1. The SMILES string of the molecule is O=C(NCc1nc2ccccc2[nH]1)c1ccc(NCc2ccccc2)c([N+](=O)[O-])c1. The third kappa shape index (κ3) is 4.27. The smallest absolute Gasteiger partial charge is 0.293 e. The first kappa shape index (κ1) is 19.1. The lowest BCUT2D eigenvalue weighted by Crippen LogP contribution is -2.23. The van der Waals surface area contributed by atoms with Gasteiger partial charge in [0.1, 0.15) is 11.5 Å². The van der Waals surface area contributed by atoms with Crippen LogP contribution in [0.1, 0.15) is 21.7 Å². The van der Waals surface area contributed by atoms with Gasteiger partial charge in [-0.15, -0.1) is 0 Å². The summed E-state index contributed by atoms with van der Waals surface area (Å²) in [6.45, 7) is 0.634. The van der Waals surface area contributed by atoms with Crippen LogP contribution in [0.5, 0.6) is 0 Å². The van der Waals surface area contributed by atoms with Crippen molar-refractivity contribution in [3.8, 4) is 0 Å². The minimum absolute atomic E-state index is 0.151. The van der Waals surface area contributed by atoms with Crippen LogP contribution < -0.4 is 10.6 Å². The number of benzene rings is 3. The molecule has 0 fully saturated rings. The standard InChI is InChI=1S/C22H19N5O3/c28-22(24-14-21-25-17-8-4-5-9-18(17)26-21)16-10-11-19(20(12-16)27(29)30)23-13-15-6-2-1-3-7-15/h1-12,23H,13-14H2,(H,24,28)(H,25,26). The van der Waals surface area contributed by atoms with Gasteiger partial charge in [-0.05, 0) is 29.8 Å². The molecule has 0 aliphatic heterocycles. The van der Waals surface area contributed by atoms with Gasteiger partial charge in [0.15, 0.2) is 0 Å². The fourth-order valence-electron chi connectivity index (χ4n) is 3.12. The highest BCUT2D eigenvalue weighted by Crippen LogP contribution is 2.26. The second kappa shape index (κ2) is 8.44. The summed E-state index contributed by atoms with van der Waals surface area (Å²) in [5.41, 5.74) is 3.11. The summed E-state index contributed by atoms with van der Waals surface area (Å²) >= 11 is 0. The second-order valence-corrected chi connectivity index (χ2v) is 6.71. The number of amides is 1. The number of hydrogen-bond acceptors (Lipinski definition) is 5. The largest absolute Gasteiger partial charge is 0.375 e. The normalized spacial score (nSPS) is 10.7. The predicted molar refractivity (Wildman–Crippen MR) is 114 cm³/mol. The van der Waals surface area contributed by atoms with E-state index in [1.54, 1.807) is 12.1 Å². The van der Waals surface area contributed by atoms with Gasteiger partial charge in [0.25, 0.3) is 11.6 Å². The molecule has 1 aromatic heterocycles. The van der Waals surface area contributed by atoms with Gasteiger partial charge in [-0.25, -0.2) is 4.98 Å². The van der Waals surface area contributed by atoms with Gasteiger partial charge in [0, 0.05) is 18.2 Å². The molecular formula is C22H19N5O3. The molecule has 3 N–H and O–H groups in total. The Hall–Kier alpha value is -4.20. The van der Waals surface area contributed by atoms with Crippen LogP contribution >= 0.6 is 0 Å².